The first-order valence-electron chi connectivity index (χ1n) is 21.9. The van der Waals surface area contributed by atoms with E-state index in [9.17, 15) is 48.6 Å². The number of aliphatic hydroxyl groups is 1. The number of hydrogen-bond acceptors (Lipinski definition) is 15. The van der Waals surface area contributed by atoms with Crippen molar-refractivity contribution in [2.24, 2.45) is 33.7 Å². The highest BCUT2D eigenvalue weighted by Crippen LogP contribution is 2.38. The molecule has 23 nitrogen and oxygen atoms in total. The summed E-state index contributed by atoms with van der Waals surface area (Å²) in [6.45, 7) is 2.14. The predicted molar refractivity (Wildman–Crippen MR) is 258 cm³/mol. The van der Waals surface area contributed by atoms with Gasteiger partial charge in [-0.05, 0) is 75.8 Å². The van der Waals surface area contributed by atoms with Crippen LogP contribution in [0.25, 0.3) is 0 Å². The van der Waals surface area contributed by atoms with E-state index in [4.69, 9.17) is 28.7 Å². The van der Waals surface area contributed by atoms with Gasteiger partial charge in [-0.1, -0.05) is 64.1 Å². The molecule has 8 amide bonds. The molecule has 374 valence electrons. The van der Waals surface area contributed by atoms with Crippen LogP contribution < -0.4 is 65.9 Å². The molecule has 2 aromatic carbocycles. The van der Waals surface area contributed by atoms with Crippen LogP contribution in [0.3, 0.4) is 0 Å². The van der Waals surface area contributed by atoms with Crippen LogP contribution >= 0.6 is 21.6 Å². The molecule has 0 unspecified atom stereocenters. The first-order valence-corrected chi connectivity index (χ1v) is 24.2. The molecule has 1 saturated heterocycles. The number of carbonyl (C=O) groups excluding carboxylic acids is 8. The summed E-state index contributed by atoms with van der Waals surface area (Å²) in [6, 6.07) is 5.03. The maximum atomic E-state index is 14.4. The van der Waals surface area contributed by atoms with Crippen LogP contribution in [0.4, 0.5) is 0 Å². The average molecular weight is 988 g/mol. The number of phenols is 1. The number of amides is 8. The van der Waals surface area contributed by atoms with Crippen molar-refractivity contribution in [1.82, 2.24) is 37.2 Å². The molecule has 68 heavy (non-hydrogen) atoms. The summed E-state index contributed by atoms with van der Waals surface area (Å²) in [5, 5.41) is 37.9. The van der Waals surface area contributed by atoms with Crippen molar-refractivity contribution < 1.29 is 48.6 Å². The van der Waals surface area contributed by atoms with Crippen molar-refractivity contribution in [2.75, 3.05) is 32.0 Å². The maximum absolute atomic E-state index is 14.4. The van der Waals surface area contributed by atoms with Crippen LogP contribution in [0.15, 0.2) is 59.6 Å². The molecule has 0 spiro atoms. The molecular formula is C43H65N13O10S2. The zero-order valence-electron chi connectivity index (χ0n) is 38.0. The SMILES string of the molecule is CC1(C)SSC[C@H](C(=O)N[C@@H](CCCCN)C(=O)N[C@@H](CCCN=C(N)N)C(N)=O)NC(=O)[C@@H](Cc2ccccc2)NC(=O)[C@H](CO)NC(=O)CNC(=O)[C@H](Cc2ccc(O)cc2)NC(=O)[C@H]1N. The van der Waals surface area contributed by atoms with Gasteiger partial charge in [0.15, 0.2) is 5.96 Å². The van der Waals surface area contributed by atoms with Crippen LogP contribution in [-0.4, -0.2) is 142 Å². The Morgan fingerprint density at radius 3 is 2.00 bits per heavy atom. The fraction of sp³-hybridized carbons (Fsp3) is 0.512. The standard InChI is InChI=1S/C43H65N13O10S2/c1-43(2)34(45)41(66)55-29(20-25-13-15-26(58)16-14-25)36(61)50-21-33(59)51-31(22-57)39(64)54-30(19-24-9-4-3-5-10-24)38(63)56-32(23-67-68-43)40(65)53-28(11-6-7-17-44)37(62)52-27(35(46)60)12-8-18-49-42(47)48/h3-5,9-10,13-16,27-32,34,57-58H,6-8,11-12,17-23,44-45H2,1-2H3,(H2,46,60)(H,50,61)(H,51,59)(H,52,62)(H,53,65)(H,54,64)(H,55,66)(H,56,63)(H4,47,48,49)/t27-,28-,29-,30+,31-,32+,34+/m0/s1. The number of aliphatic hydroxyl groups excluding tert-OH is 1. The Balaban J connectivity index is 2.03. The molecule has 2 aromatic rings. The zero-order valence-corrected chi connectivity index (χ0v) is 39.7. The number of hydrogen-bond donors (Lipinski definition) is 14. The summed E-state index contributed by atoms with van der Waals surface area (Å²) in [4.78, 5) is 113. The number of nitrogens with two attached hydrogens (primary N) is 5. The van der Waals surface area contributed by atoms with Gasteiger partial charge in [0, 0.05) is 29.9 Å². The number of nitrogens with one attached hydrogen (secondary N) is 7. The minimum atomic E-state index is -1.61. The monoisotopic (exact) mass is 987 g/mol. The van der Waals surface area contributed by atoms with E-state index in [1.54, 1.807) is 56.3 Å². The van der Waals surface area contributed by atoms with E-state index in [-0.39, 0.29) is 62.7 Å². The molecule has 1 aliphatic heterocycles. The van der Waals surface area contributed by atoms with Crippen LogP contribution in [0.2, 0.25) is 0 Å². The van der Waals surface area contributed by atoms with Crippen LogP contribution in [0.1, 0.15) is 57.1 Å². The fourth-order valence-electron chi connectivity index (χ4n) is 6.57. The van der Waals surface area contributed by atoms with Crippen LogP contribution in [0.5, 0.6) is 5.75 Å². The number of primary amides is 1. The van der Waals surface area contributed by atoms with Crippen molar-refractivity contribution >= 4 is 74.8 Å². The van der Waals surface area contributed by atoms with Gasteiger partial charge in [-0.3, -0.25) is 43.3 Å². The number of aliphatic imine (C=N–C) groups is 1. The van der Waals surface area contributed by atoms with Gasteiger partial charge in [0.25, 0.3) is 0 Å². The highest BCUT2D eigenvalue weighted by Gasteiger charge is 2.37. The highest BCUT2D eigenvalue weighted by molar-refractivity contribution is 8.77. The Morgan fingerprint density at radius 2 is 1.38 bits per heavy atom. The summed E-state index contributed by atoms with van der Waals surface area (Å²) in [5.41, 5.74) is 29.8. The van der Waals surface area contributed by atoms with Crippen molar-refractivity contribution in [2.45, 2.75) is 106 Å². The third-order valence-electron chi connectivity index (χ3n) is 10.5. The van der Waals surface area contributed by atoms with Gasteiger partial charge >= 0.3 is 0 Å². The van der Waals surface area contributed by atoms with Crippen LogP contribution in [0, 0.1) is 0 Å². The number of nitrogens with zero attached hydrogens (tertiary/aromatic N) is 1. The minimum Gasteiger partial charge on any atom is -0.508 e. The van der Waals surface area contributed by atoms with Gasteiger partial charge < -0.3 is 76.1 Å². The number of benzene rings is 2. The van der Waals surface area contributed by atoms with Crippen molar-refractivity contribution in [3.05, 3.63) is 65.7 Å². The van der Waals surface area contributed by atoms with E-state index >= 15 is 0 Å². The summed E-state index contributed by atoms with van der Waals surface area (Å²) in [6.07, 6.45) is 1.09. The van der Waals surface area contributed by atoms with E-state index in [0.717, 1.165) is 21.6 Å². The maximum Gasteiger partial charge on any atom is 0.245 e. The van der Waals surface area contributed by atoms with E-state index in [1.165, 1.54) is 12.1 Å². The molecule has 0 saturated carbocycles. The lowest BCUT2D eigenvalue weighted by Gasteiger charge is -2.31. The molecule has 19 N–H and O–H groups in total. The van der Waals surface area contributed by atoms with E-state index in [1.807, 2.05) is 0 Å². The smallest absolute Gasteiger partial charge is 0.245 e. The molecule has 3 rings (SSSR count). The lowest BCUT2D eigenvalue weighted by molar-refractivity contribution is -0.135. The largest absolute Gasteiger partial charge is 0.508 e. The van der Waals surface area contributed by atoms with Gasteiger partial charge in [-0.2, -0.15) is 0 Å². The molecule has 0 aromatic heterocycles. The summed E-state index contributed by atoms with van der Waals surface area (Å²) >= 11 is 0. The topological polar surface area (TPSA) is 404 Å². The molecule has 0 aliphatic carbocycles. The van der Waals surface area contributed by atoms with E-state index < -0.39 is 107 Å². The summed E-state index contributed by atoms with van der Waals surface area (Å²) < 4.78 is -1.11. The second-order valence-corrected chi connectivity index (χ2v) is 19.5. The number of phenolic OH excluding ortho intramolecular Hbond substituents is 1. The normalized spacial score (nSPS) is 21.8. The summed E-state index contributed by atoms with van der Waals surface area (Å²) in [7, 11) is 2.15. The van der Waals surface area contributed by atoms with E-state index in [0.29, 0.717) is 24.0 Å². The molecule has 1 aliphatic rings. The van der Waals surface area contributed by atoms with Crippen molar-refractivity contribution in [3.63, 3.8) is 0 Å². The number of rotatable bonds is 18. The Bertz CT molecular complexity index is 2060. The molecule has 0 bridgehead atoms. The molecule has 1 fully saturated rings. The van der Waals surface area contributed by atoms with Crippen molar-refractivity contribution in [3.8, 4) is 5.75 Å². The molecule has 25 heteroatoms. The third-order valence-corrected chi connectivity index (χ3v) is 13.9. The van der Waals surface area contributed by atoms with Crippen molar-refractivity contribution in [1.29, 1.82) is 0 Å². The number of guanidine groups is 1. The molecule has 0 radical (unpaired) electrons. The first-order chi connectivity index (χ1) is 32.2. The van der Waals surface area contributed by atoms with Gasteiger partial charge in [0.1, 0.15) is 42.0 Å². The quantitative estimate of drug-likeness (QED) is 0.0297. The Morgan fingerprint density at radius 1 is 0.779 bits per heavy atom. The second kappa shape index (κ2) is 28.2. The number of unbranched alkanes of at least 4 members (excludes halogenated alkanes) is 1. The van der Waals surface area contributed by atoms with Gasteiger partial charge in [-0.15, -0.1) is 0 Å². The fourth-order valence-corrected chi connectivity index (χ4v) is 9.36. The highest BCUT2D eigenvalue weighted by atomic mass is 33.1. The first kappa shape index (κ1) is 56.2. The van der Waals surface area contributed by atoms with Gasteiger partial charge in [0.05, 0.1) is 19.2 Å². The zero-order chi connectivity index (χ0) is 50.4. The molecule has 1 heterocycles. The molecular weight excluding hydrogens is 923 g/mol. The Labute approximate surface area is 402 Å². The third kappa shape index (κ3) is 19.2. The van der Waals surface area contributed by atoms with Gasteiger partial charge in [0.2, 0.25) is 47.3 Å². The lowest BCUT2D eigenvalue weighted by atomic mass is 10.0. The Kier molecular flexibility index (Phi) is 23.3. The van der Waals surface area contributed by atoms with Gasteiger partial charge in [-0.25, -0.2) is 0 Å². The Hall–Kier alpha value is -6.15. The minimum absolute atomic E-state index is 0.0313. The average Bonchev–Trinajstić information content (AvgIpc) is 3.29. The predicted octanol–water partition coefficient (Wildman–Crippen LogP) is -3.64. The van der Waals surface area contributed by atoms with Crippen LogP contribution in [-0.2, 0) is 51.2 Å². The molecule has 7 atom stereocenters. The summed E-state index contributed by atoms with van der Waals surface area (Å²) in [5.74, 6) is -7.08. The number of aromatic hydroxyl groups is 1. The second-order valence-electron chi connectivity index (χ2n) is 16.5. The number of carbonyl (C=O) groups is 8. The van der Waals surface area contributed by atoms with E-state index in [2.05, 4.69) is 42.2 Å². The lowest BCUT2D eigenvalue weighted by Crippen LogP contribution is -2.61.